The van der Waals surface area contributed by atoms with Gasteiger partial charge in [-0.25, -0.2) is 4.39 Å². The first-order chi connectivity index (χ1) is 8.86. The predicted octanol–water partition coefficient (Wildman–Crippen LogP) is 1.76. The summed E-state index contributed by atoms with van der Waals surface area (Å²) in [5.41, 5.74) is -1.69. The Kier molecular flexibility index (Phi) is 4.47. The highest BCUT2D eigenvalue weighted by atomic mass is 19.1. The zero-order chi connectivity index (χ0) is 14.6. The van der Waals surface area contributed by atoms with E-state index in [2.05, 4.69) is 5.32 Å². The number of carbonyl (C=O) groups excluding carboxylic acids is 1. The highest BCUT2D eigenvalue weighted by Gasteiger charge is 2.22. The van der Waals surface area contributed by atoms with Crippen LogP contribution in [0.15, 0.2) is 12.1 Å². The third kappa shape index (κ3) is 3.45. The third-order valence-electron chi connectivity index (χ3n) is 2.27. The Bertz CT molecular complexity index is 569. The Morgan fingerprint density at radius 2 is 2.16 bits per heavy atom. The standard InChI is InChI=1S/C11H9F2N3O3/c1-6(4-14)5-15-11(17)7-2-9(13)10(16(18)19)3-8(7)12/h2-3,6H,5H2,1H3,(H,15,17). The molecule has 6 nitrogen and oxygen atoms in total. The maximum atomic E-state index is 13.5. The molecular formula is C11H9F2N3O3. The van der Waals surface area contributed by atoms with Crippen LogP contribution < -0.4 is 5.32 Å². The van der Waals surface area contributed by atoms with E-state index in [1.54, 1.807) is 0 Å². The lowest BCUT2D eigenvalue weighted by molar-refractivity contribution is -0.387. The van der Waals surface area contributed by atoms with E-state index < -0.39 is 39.6 Å². The minimum absolute atomic E-state index is 0.0343. The summed E-state index contributed by atoms with van der Waals surface area (Å²) in [4.78, 5) is 20.8. The number of benzene rings is 1. The van der Waals surface area contributed by atoms with Crippen LogP contribution in [0.1, 0.15) is 17.3 Å². The van der Waals surface area contributed by atoms with Crippen LogP contribution in [0, 0.1) is 39.0 Å². The lowest BCUT2D eigenvalue weighted by atomic mass is 10.1. The first-order valence-corrected chi connectivity index (χ1v) is 5.18. The second-order valence-electron chi connectivity index (χ2n) is 3.78. The molecule has 8 heteroatoms. The van der Waals surface area contributed by atoms with Gasteiger partial charge in [-0.05, 0) is 13.0 Å². The van der Waals surface area contributed by atoms with Gasteiger partial charge in [-0.1, -0.05) is 0 Å². The number of nitrogens with one attached hydrogen (secondary N) is 1. The number of carbonyl (C=O) groups is 1. The van der Waals surface area contributed by atoms with Crippen LogP contribution in [0.5, 0.6) is 0 Å². The van der Waals surface area contributed by atoms with Gasteiger partial charge in [0.1, 0.15) is 5.82 Å². The highest BCUT2D eigenvalue weighted by molar-refractivity contribution is 5.94. The second kappa shape index (κ2) is 5.86. The van der Waals surface area contributed by atoms with E-state index in [0.29, 0.717) is 12.1 Å². The van der Waals surface area contributed by atoms with E-state index in [0.717, 1.165) is 0 Å². The summed E-state index contributed by atoms with van der Waals surface area (Å²) in [6.07, 6.45) is 0. The quantitative estimate of drug-likeness (QED) is 0.665. The Morgan fingerprint density at radius 1 is 1.53 bits per heavy atom. The molecule has 19 heavy (non-hydrogen) atoms. The molecule has 1 amide bonds. The zero-order valence-electron chi connectivity index (χ0n) is 9.81. The molecular weight excluding hydrogens is 260 g/mol. The first kappa shape index (κ1) is 14.5. The molecule has 0 aliphatic carbocycles. The number of hydrogen-bond donors (Lipinski definition) is 1. The normalized spacial score (nSPS) is 11.5. The summed E-state index contributed by atoms with van der Waals surface area (Å²) in [7, 11) is 0. The van der Waals surface area contributed by atoms with Crippen LogP contribution in [0.2, 0.25) is 0 Å². The maximum Gasteiger partial charge on any atom is 0.307 e. The molecule has 1 aromatic rings. The van der Waals surface area contributed by atoms with Crippen LogP contribution in [0.3, 0.4) is 0 Å². The van der Waals surface area contributed by atoms with Gasteiger partial charge in [0.2, 0.25) is 5.82 Å². The van der Waals surface area contributed by atoms with Crippen molar-refractivity contribution in [1.29, 1.82) is 5.26 Å². The van der Waals surface area contributed by atoms with Gasteiger partial charge >= 0.3 is 5.69 Å². The predicted molar refractivity (Wildman–Crippen MR) is 60.1 cm³/mol. The van der Waals surface area contributed by atoms with Crippen LogP contribution >= 0.6 is 0 Å². The molecule has 0 aromatic heterocycles. The van der Waals surface area contributed by atoms with Gasteiger partial charge in [-0.15, -0.1) is 0 Å². The Hall–Kier alpha value is -2.56. The van der Waals surface area contributed by atoms with Gasteiger partial charge in [0.05, 0.1) is 28.5 Å². The number of hydrogen-bond acceptors (Lipinski definition) is 4. The van der Waals surface area contributed by atoms with Crippen LogP contribution in [-0.2, 0) is 0 Å². The van der Waals surface area contributed by atoms with Crippen LogP contribution in [0.4, 0.5) is 14.5 Å². The maximum absolute atomic E-state index is 13.5. The van der Waals surface area contributed by atoms with E-state index >= 15 is 0 Å². The lowest BCUT2D eigenvalue weighted by Gasteiger charge is -2.07. The Balaban J connectivity index is 2.96. The fraction of sp³-hybridized carbons (Fsp3) is 0.273. The molecule has 1 aromatic carbocycles. The topological polar surface area (TPSA) is 96.0 Å². The van der Waals surface area contributed by atoms with Crippen molar-refractivity contribution in [2.75, 3.05) is 6.54 Å². The minimum Gasteiger partial charge on any atom is -0.351 e. The van der Waals surface area contributed by atoms with Gasteiger partial charge in [-0.2, -0.15) is 9.65 Å². The first-order valence-electron chi connectivity index (χ1n) is 5.18. The SMILES string of the molecule is CC(C#N)CNC(=O)c1cc(F)c([N+](=O)[O-])cc1F. The average Bonchev–Trinajstić information content (AvgIpc) is 2.37. The molecule has 1 unspecified atom stereocenters. The van der Waals surface area contributed by atoms with E-state index in [-0.39, 0.29) is 6.54 Å². The Labute approximate surface area is 106 Å². The molecule has 1 rings (SSSR count). The average molecular weight is 269 g/mol. The van der Waals surface area contributed by atoms with Crippen molar-refractivity contribution in [2.45, 2.75) is 6.92 Å². The number of halogens is 2. The van der Waals surface area contributed by atoms with Crippen molar-refractivity contribution in [3.05, 3.63) is 39.4 Å². The third-order valence-corrected chi connectivity index (χ3v) is 2.27. The zero-order valence-corrected chi connectivity index (χ0v) is 9.81. The minimum atomic E-state index is -1.30. The monoisotopic (exact) mass is 269 g/mol. The van der Waals surface area contributed by atoms with Gasteiger partial charge < -0.3 is 5.32 Å². The molecule has 0 aliphatic heterocycles. The summed E-state index contributed by atoms with van der Waals surface area (Å²) in [6.45, 7) is 1.50. The number of nitriles is 1. The van der Waals surface area contributed by atoms with Crippen molar-refractivity contribution >= 4 is 11.6 Å². The van der Waals surface area contributed by atoms with E-state index in [4.69, 9.17) is 5.26 Å². The largest absolute Gasteiger partial charge is 0.351 e. The van der Waals surface area contributed by atoms with Gasteiger partial charge in [0, 0.05) is 6.54 Å². The smallest absolute Gasteiger partial charge is 0.307 e. The Morgan fingerprint density at radius 3 is 2.68 bits per heavy atom. The molecule has 0 fully saturated rings. The van der Waals surface area contributed by atoms with Crippen molar-refractivity contribution in [3.8, 4) is 6.07 Å². The summed E-state index contributed by atoms with van der Waals surface area (Å²) >= 11 is 0. The number of nitrogens with zero attached hydrogens (tertiary/aromatic N) is 2. The lowest BCUT2D eigenvalue weighted by Crippen LogP contribution is -2.28. The number of nitro groups is 1. The van der Waals surface area contributed by atoms with E-state index in [9.17, 15) is 23.7 Å². The fourth-order valence-electron chi connectivity index (χ4n) is 1.24. The fourth-order valence-corrected chi connectivity index (χ4v) is 1.24. The molecule has 1 atom stereocenters. The molecule has 0 saturated heterocycles. The molecule has 0 saturated carbocycles. The molecule has 0 heterocycles. The molecule has 1 N–H and O–H groups in total. The number of amides is 1. The van der Waals surface area contributed by atoms with E-state index in [1.165, 1.54) is 6.92 Å². The van der Waals surface area contributed by atoms with Crippen molar-refractivity contribution < 1.29 is 18.5 Å². The number of rotatable bonds is 4. The van der Waals surface area contributed by atoms with E-state index in [1.807, 2.05) is 6.07 Å². The second-order valence-corrected chi connectivity index (χ2v) is 3.78. The molecule has 0 aliphatic rings. The molecule has 0 bridgehead atoms. The van der Waals surface area contributed by atoms with Gasteiger partial charge in [0.25, 0.3) is 5.91 Å². The number of nitro benzene ring substituents is 1. The van der Waals surface area contributed by atoms with Crippen molar-refractivity contribution in [1.82, 2.24) is 5.32 Å². The van der Waals surface area contributed by atoms with Crippen LogP contribution in [0.25, 0.3) is 0 Å². The van der Waals surface area contributed by atoms with Crippen LogP contribution in [-0.4, -0.2) is 17.4 Å². The highest BCUT2D eigenvalue weighted by Crippen LogP contribution is 2.21. The molecule has 0 radical (unpaired) electrons. The molecule has 100 valence electrons. The van der Waals surface area contributed by atoms with Crippen molar-refractivity contribution in [2.24, 2.45) is 5.92 Å². The summed E-state index contributed by atoms with van der Waals surface area (Å²) in [6, 6.07) is 2.65. The van der Waals surface area contributed by atoms with Gasteiger partial charge in [-0.3, -0.25) is 14.9 Å². The summed E-state index contributed by atoms with van der Waals surface area (Å²) < 4.78 is 26.7. The summed E-state index contributed by atoms with van der Waals surface area (Å²) in [5.74, 6) is -3.93. The molecule has 0 spiro atoms. The van der Waals surface area contributed by atoms with Gasteiger partial charge in [0.15, 0.2) is 0 Å². The van der Waals surface area contributed by atoms with Crippen molar-refractivity contribution in [3.63, 3.8) is 0 Å². The summed E-state index contributed by atoms with van der Waals surface area (Å²) in [5, 5.41) is 21.1.